The van der Waals surface area contributed by atoms with E-state index in [1.165, 1.54) is 24.1 Å². The maximum atomic E-state index is 13.9. The molecule has 0 unspecified atom stereocenters. The zero-order chi connectivity index (χ0) is 29.3. The van der Waals surface area contributed by atoms with E-state index in [9.17, 15) is 18.0 Å². The Morgan fingerprint density at radius 2 is 1.55 bits per heavy atom. The van der Waals surface area contributed by atoms with Crippen molar-refractivity contribution in [2.75, 3.05) is 31.0 Å². The molecule has 0 aromatic heterocycles. The van der Waals surface area contributed by atoms with E-state index in [2.05, 4.69) is 5.32 Å². The van der Waals surface area contributed by atoms with Crippen molar-refractivity contribution < 1.29 is 22.7 Å². The maximum absolute atomic E-state index is 13.9. The average Bonchev–Trinajstić information content (AvgIpc) is 2.95. The van der Waals surface area contributed by atoms with Crippen LogP contribution in [0.2, 0.25) is 5.02 Å². The molecular weight excluding hydrogens is 550 g/mol. The number of carbonyl (C=O) groups is 2. The van der Waals surface area contributed by atoms with Crippen molar-refractivity contribution >= 4 is 39.1 Å². The van der Waals surface area contributed by atoms with Crippen molar-refractivity contribution in [2.24, 2.45) is 5.92 Å². The van der Waals surface area contributed by atoms with Crippen LogP contribution in [0.15, 0.2) is 83.8 Å². The second-order valence-corrected chi connectivity index (χ2v) is 12.1. The number of halogens is 1. The highest BCUT2D eigenvalue weighted by atomic mass is 35.5. The van der Waals surface area contributed by atoms with E-state index in [1.54, 1.807) is 43.3 Å². The molecule has 0 spiro atoms. The highest BCUT2D eigenvalue weighted by Gasteiger charge is 2.32. The number of methoxy groups -OCH3 is 1. The van der Waals surface area contributed by atoms with Gasteiger partial charge in [-0.05, 0) is 73.4 Å². The molecule has 1 N–H and O–H groups in total. The largest absolute Gasteiger partial charge is 0.497 e. The Morgan fingerprint density at radius 3 is 2.12 bits per heavy atom. The Balaban J connectivity index is 1.95. The fourth-order valence-electron chi connectivity index (χ4n) is 4.03. The van der Waals surface area contributed by atoms with Crippen molar-refractivity contribution in [1.29, 1.82) is 0 Å². The summed E-state index contributed by atoms with van der Waals surface area (Å²) in [6, 6.07) is 21.0. The smallest absolute Gasteiger partial charge is 0.264 e. The van der Waals surface area contributed by atoms with Gasteiger partial charge in [0.05, 0.1) is 17.7 Å². The first kappa shape index (κ1) is 31.0. The molecule has 40 heavy (non-hydrogen) atoms. The van der Waals surface area contributed by atoms with Gasteiger partial charge in [-0.25, -0.2) is 8.42 Å². The number of ether oxygens (including phenoxy) is 1. The second-order valence-electron chi connectivity index (χ2n) is 9.80. The van der Waals surface area contributed by atoms with Gasteiger partial charge < -0.3 is 15.0 Å². The highest BCUT2D eigenvalue weighted by molar-refractivity contribution is 7.92. The molecular formula is C30H36ClN3O5S. The summed E-state index contributed by atoms with van der Waals surface area (Å²) in [5, 5.41) is 3.31. The van der Waals surface area contributed by atoms with Crippen LogP contribution in [0.3, 0.4) is 0 Å². The Labute approximate surface area is 241 Å². The van der Waals surface area contributed by atoms with E-state index >= 15 is 0 Å². The van der Waals surface area contributed by atoms with Crippen molar-refractivity contribution in [2.45, 2.75) is 38.1 Å². The topological polar surface area (TPSA) is 96.0 Å². The van der Waals surface area contributed by atoms with Crippen molar-refractivity contribution in [3.8, 4) is 5.75 Å². The molecule has 0 radical (unpaired) electrons. The first-order chi connectivity index (χ1) is 19.0. The van der Waals surface area contributed by atoms with Crippen LogP contribution < -0.4 is 14.4 Å². The van der Waals surface area contributed by atoms with Crippen molar-refractivity contribution in [3.63, 3.8) is 0 Å². The molecule has 8 nitrogen and oxygen atoms in total. The fraction of sp³-hybridized carbons (Fsp3) is 0.333. The van der Waals surface area contributed by atoms with Crippen LogP contribution in [0.5, 0.6) is 5.75 Å². The number of nitrogens with one attached hydrogen (secondary N) is 1. The van der Waals surface area contributed by atoms with E-state index < -0.39 is 28.5 Å². The minimum atomic E-state index is -4.17. The van der Waals surface area contributed by atoms with Crippen molar-refractivity contribution in [1.82, 2.24) is 10.2 Å². The summed E-state index contributed by atoms with van der Waals surface area (Å²) in [5.74, 6) is -0.0672. The Hall–Kier alpha value is -3.56. The number of sulfonamides is 1. The van der Waals surface area contributed by atoms with Crippen LogP contribution in [-0.4, -0.2) is 57.9 Å². The normalized spacial score (nSPS) is 12.1. The molecule has 2 amide bonds. The average molecular weight is 586 g/mol. The predicted molar refractivity (Wildman–Crippen MR) is 158 cm³/mol. The maximum Gasteiger partial charge on any atom is 0.264 e. The third-order valence-corrected chi connectivity index (χ3v) is 8.42. The number of nitrogens with zero attached hydrogens (tertiary/aromatic N) is 2. The summed E-state index contributed by atoms with van der Waals surface area (Å²) >= 11 is 6.06. The summed E-state index contributed by atoms with van der Waals surface area (Å²) < 4.78 is 33.9. The van der Waals surface area contributed by atoms with Gasteiger partial charge in [-0.3, -0.25) is 13.9 Å². The molecule has 0 saturated carbocycles. The number of rotatable bonds is 13. The molecule has 0 bridgehead atoms. The molecule has 3 aromatic rings. The molecule has 10 heteroatoms. The number of hydrogen-bond donors (Lipinski definition) is 1. The zero-order valence-electron chi connectivity index (χ0n) is 23.2. The molecule has 214 valence electrons. The lowest BCUT2D eigenvalue weighted by molar-refractivity contribution is -0.138. The van der Waals surface area contributed by atoms with Gasteiger partial charge in [0.2, 0.25) is 11.8 Å². The lowest BCUT2D eigenvalue weighted by atomic mass is 10.1. The monoisotopic (exact) mass is 585 g/mol. The number of hydrogen-bond acceptors (Lipinski definition) is 5. The lowest BCUT2D eigenvalue weighted by Crippen LogP contribution is -2.52. The van der Waals surface area contributed by atoms with Gasteiger partial charge in [-0.2, -0.15) is 0 Å². The third-order valence-electron chi connectivity index (χ3n) is 6.38. The van der Waals surface area contributed by atoms with Gasteiger partial charge in [-0.1, -0.05) is 55.8 Å². The fourth-order valence-corrected chi connectivity index (χ4v) is 5.57. The Kier molecular flexibility index (Phi) is 11.0. The number of benzene rings is 3. The zero-order valence-corrected chi connectivity index (χ0v) is 24.8. The van der Waals surface area contributed by atoms with E-state index in [4.69, 9.17) is 16.3 Å². The van der Waals surface area contributed by atoms with E-state index in [-0.39, 0.29) is 29.0 Å². The Morgan fingerprint density at radius 1 is 0.925 bits per heavy atom. The predicted octanol–water partition coefficient (Wildman–Crippen LogP) is 4.78. The van der Waals surface area contributed by atoms with E-state index in [0.29, 0.717) is 23.7 Å². The van der Waals surface area contributed by atoms with Crippen LogP contribution in [0.4, 0.5) is 5.69 Å². The molecule has 0 aliphatic rings. The molecule has 3 rings (SSSR count). The van der Waals surface area contributed by atoms with Crippen LogP contribution >= 0.6 is 11.6 Å². The van der Waals surface area contributed by atoms with Gasteiger partial charge in [0.25, 0.3) is 10.0 Å². The van der Waals surface area contributed by atoms with Gasteiger partial charge in [0.15, 0.2) is 0 Å². The quantitative estimate of drug-likeness (QED) is 0.312. The molecule has 0 fully saturated rings. The summed E-state index contributed by atoms with van der Waals surface area (Å²) in [6.45, 7) is 5.81. The molecule has 3 aromatic carbocycles. The third kappa shape index (κ3) is 8.22. The first-order valence-corrected chi connectivity index (χ1v) is 14.9. The van der Waals surface area contributed by atoms with Gasteiger partial charge in [-0.15, -0.1) is 0 Å². The van der Waals surface area contributed by atoms with Crippen LogP contribution in [0, 0.1) is 5.92 Å². The Bertz CT molecular complexity index is 1360. The molecule has 1 atom stereocenters. The van der Waals surface area contributed by atoms with Crippen LogP contribution in [-0.2, 0) is 26.0 Å². The van der Waals surface area contributed by atoms with E-state index in [1.807, 2.05) is 44.2 Å². The standard InChI is InChI=1S/C30H36ClN3O5S/c1-22(2)20-32-30(36)23(3)33(19-18-24-8-6-5-7-9-24)29(35)21-34(26-12-10-25(31)11-13-26)40(37,38)28-16-14-27(39-4)15-17-28/h5-17,22-23H,18-21H2,1-4H3,(H,32,36)/t23-/m0/s1. The summed E-state index contributed by atoms with van der Waals surface area (Å²) in [7, 11) is -2.68. The van der Waals surface area contributed by atoms with Crippen LogP contribution in [0.25, 0.3) is 0 Å². The summed E-state index contributed by atoms with van der Waals surface area (Å²) in [5.41, 5.74) is 1.27. The van der Waals surface area contributed by atoms with Crippen molar-refractivity contribution in [3.05, 3.63) is 89.4 Å². The molecule has 0 saturated heterocycles. The second kappa shape index (κ2) is 14.2. The summed E-state index contributed by atoms with van der Waals surface area (Å²) in [6.07, 6.45) is 0.501. The summed E-state index contributed by atoms with van der Waals surface area (Å²) in [4.78, 5) is 28.3. The van der Waals surface area contributed by atoms with Gasteiger partial charge >= 0.3 is 0 Å². The minimum Gasteiger partial charge on any atom is -0.497 e. The number of anilines is 1. The van der Waals surface area contributed by atoms with E-state index in [0.717, 1.165) is 9.87 Å². The van der Waals surface area contributed by atoms with Gasteiger partial charge in [0.1, 0.15) is 18.3 Å². The van der Waals surface area contributed by atoms with Gasteiger partial charge in [0, 0.05) is 18.1 Å². The lowest BCUT2D eigenvalue weighted by Gasteiger charge is -2.32. The molecule has 0 aliphatic heterocycles. The molecule has 0 heterocycles. The SMILES string of the molecule is COc1ccc(S(=O)(=O)N(CC(=O)N(CCc2ccccc2)[C@@H](C)C(=O)NCC(C)C)c2ccc(Cl)cc2)cc1. The number of amides is 2. The first-order valence-electron chi connectivity index (χ1n) is 13.1. The van der Waals surface area contributed by atoms with Crippen LogP contribution in [0.1, 0.15) is 26.3 Å². The number of carbonyl (C=O) groups excluding carboxylic acids is 2. The minimum absolute atomic E-state index is 0.00499. The highest BCUT2D eigenvalue weighted by Crippen LogP contribution is 2.27. The molecule has 0 aliphatic carbocycles.